The van der Waals surface area contributed by atoms with E-state index in [0.717, 1.165) is 6.20 Å². The number of benzene rings is 2. The Kier molecular flexibility index (Phi) is 8.88. The molecule has 0 radical (unpaired) electrons. The van der Waals surface area contributed by atoms with Gasteiger partial charge in [0.15, 0.2) is 15.6 Å². The summed E-state index contributed by atoms with van der Waals surface area (Å²) in [6.45, 7) is -0.414. The average molecular weight is 630 g/mol. The molecule has 3 aromatic rings. The first-order valence-electron chi connectivity index (χ1n) is 12.9. The summed E-state index contributed by atoms with van der Waals surface area (Å²) in [5.74, 6) is -4.39. The lowest BCUT2D eigenvalue weighted by Gasteiger charge is -2.33. The van der Waals surface area contributed by atoms with Crippen LogP contribution in [0.25, 0.3) is 10.9 Å². The number of amides is 1. The number of fused-ring (bicyclic) bond motifs is 1. The number of pyridine rings is 1. The number of anilines is 1. The number of aliphatic hydroxyl groups is 1. The van der Waals surface area contributed by atoms with Gasteiger partial charge in [-0.15, -0.1) is 0 Å². The fraction of sp³-hybridized carbons (Fsp3) is 0.321. The molecule has 8 nitrogen and oxygen atoms in total. The number of halogens is 6. The van der Waals surface area contributed by atoms with Crippen molar-refractivity contribution in [2.24, 2.45) is 0 Å². The van der Waals surface area contributed by atoms with Crippen LogP contribution < -0.4 is 5.32 Å². The summed E-state index contributed by atoms with van der Waals surface area (Å²) >= 11 is 0. The van der Waals surface area contributed by atoms with Crippen LogP contribution in [0, 0.1) is 0 Å². The number of carbonyl (C=O) groups is 2. The molecule has 1 aliphatic heterocycles. The number of unbranched alkanes of at least 4 members (excludes halogenated alkanes) is 1. The first-order chi connectivity index (χ1) is 20.0. The van der Waals surface area contributed by atoms with Crippen LogP contribution in [0.1, 0.15) is 29.6 Å². The molecule has 0 bridgehead atoms. The smallest absolute Gasteiger partial charge is 0.384 e. The van der Waals surface area contributed by atoms with E-state index in [-0.39, 0.29) is 41.9 Å². The molecule has 230 valence electrons. The molecule has 1 aliphatic rings. The molecular formula is C28H25F6N3O5S. The number of carbonyl (C=O) groups excluding carboxylic acids is 2. The van der Waals surface area contributed by atoms with Crippen molar-refractivity contribution in [2.75, 3.05) is 24.2 Å². The van der Waals surface area contributed by atoms with Crippen LogP contribution in [0.4, 0.5) is 32.0 Å². The van der Waals surface area contributed by atoms with E-state index in [1.807, 2.05) is 0 Å². The second kappa shape index (κ2) is 12.0. The summed E-state index contributed by atoms with van der Waals surface area (Å²) in [7, 11) is -4.25. The standard InChI is InChI=1S/C28H25F6N3O5S/c29-27(30,31)15-18-14-26(40,17-43(41,42)19-8-2-1-3-9-19)37(25(18)39)13-7-6-12-35-23-20-10-4-5-11-22(20)36-16-21(23)24(38)28(32,33)34/h1-5,8-11,14,16,40H,6-7,12-13,15,17H2,(H,35,36). The lowest BCUT2D eigenvalue weighted by Crippen LogP contribution is -2.51. The van der Waals surface area contributed by atoms with Crippen LogP contribution in [-0.4, -0.2) is 72.0 Å². The fourth-order valence-electron chi connectivity index (χ4n) is 4.78. The second-order valence-electron chi connectivity index (χ2n) is 9.89. The van der Waals surface area contributed by atoms with Gasteiger partial charge in [-0.25, -0.2) is 8.42 Å². The Labute approximate surface area is 241 Å². The molecule has 0 aliphatic carbocycles. The molecular weight excluding hydrogens is 604 g/mol. The van der Waals surface area contributed by atoms with Gasteiger partial charge in [0.25, 0.3) is 11.7 Å². The molecule has 15 heteroatoms. The highest BCUT2D eigenvalue weighted by molar-refractivity contribution is 7.91. The van der Waals surface area contributed by atoms with Gasteiger partial charge in [0.2, 0.25) is 0 Å². The lowest BCUT2D eigenvalue weighted by molar-refractivity contribution is -0.145. The largest absolute Gasteiger partial charge is 0.455 e. The number of nitrogens with zero attached hydrogens (tertiary/aromatic N) is 2. The van der Waals surface area contributed by atoms with Gasteiger partial charge >= 0.3 is 12.4 Å². The zero-order chi connectivity index (χ0) is 31.6. The van der Waals surface area contributed by atoms with E-state index in [1.165, 1.54) is 36.4 Å². The minimum atomic E-state index is -5.16. The summed E-state index contributed by atoms with van der Waals surface area (Å²) in [5, 5.41) is 14.3. The summed E-state index contributed by atoms with van der Waals surface area (Å²) in [5.41, 5.74) is -3.89. The number of hydrogen-bond donors (Lipinski definition) is 2. The molecule has 2 heterocycles. The minimum absolute atomic E-state index is 0.00510. The third kappa shape index (κ3) is 7.33. The van der Waals surface area contributed by atoms with E-state index in [0.29, 0.717) is 16.5 Å². The first kappa shape index (κ1) is 31.9. The molecule has 2 N–H and O–H groups in total. The number of para-hydroxylation sites is 1. The van der Waals surface area contributed by atoms with Crippen LogP contribution in [0.3, 0.4) is 0 Å². The molecule has 1 amide bonds. The monoisotopic (exact) mass is 629 g/mol. The third-order valence-corrected chi connectivity index (χ3v) is 8.47. The number of ketones is 1. The number of rotatable bonds is 11. The summed E-state index contributed by atoms with van der Waals surface area (Å²) < 4.78 is 105. The van der Waals surface area contributed by atoms with E-state index in [1.54, 1.807) is 18.2 Å². The van der Waals surface area contributed by atoms with Gasteiger partial charge in [-0.1, -0.05) is 36.4 Å². The Hall–Kier alpha value is -3.98. The zero-order valence-electron chi connectivity index (χ0n) is 22.2. The highest BCUT2D eigenvalue weighted by Crippen LogP contribution is 2.36. The van der Waals surface area contributed by atoms with Crippen molar-refractivity contribution in [3.8, 4) is 0 Å². The van der Waals surface area contributed by atoms with E-state index < -0.39 is 62.9 Å². The average Bonchev–Trinajstić information content (AvgIpc) is 3.14. The predicted molar refractivity (Wildman–Crippen MR) is 144 cm³/mol. The van der Waals surface area contributed by atoms with Crippen molar-refractivity contribution in [1.82, 2.24) is 9.88 Å². The van der Waals surface area contributed by atoms with Gasteiger partial charge in [0, 0.05) is 30.2 Å². The fourth-order valence-corrected chi connectivity index (χ4v) is 6.32. The maximum Gasteiger partial charge on any atom is 0.455 e. The Morgan fingerprint density at radius 1 is 0.977 bits per heavy atom. The van der Waals surface area contributed by atoms with E-state index in [4.69, 9.17) is 0 Å². The van der Waals surface area contributed by atoms with Crippen LogP contribution in [0.2, 0.25) is 0 Å². The molecule has 0 saturated heterocycles. The molecule has 4 rings (SSSR count). The zero-order valence-corrected chi connectivity index (χ0v) is 23.1. The molecule has 0 fully saturated rings. The topological polar surface area (TPSA) is 117 Å². The Balaban J connectivity index is 1.51. The molecule has 43 heavy (non-hydrogen) atoms. The van der Waals surface area contributed by atoms with Crippen molar-refractivity contribution in [1.29, 1.82) is 0 Å². The van der Waals surface area contributed by atoms with Gasteiger partial charge < -0.3 is 15.3 Å². The Bertz CT molecular complexity index is 1660. The summed E-state index contributed by atoms with van der Waals surface area (Å²) in [4.78, 5) is 29.3. The molecule has 0 spiro atoms. The van der Waals surface area contributed by atoms with Crippen molar-refractivity contribution < 1.29 is 49.5 Å². The van der Waals surface area contributed by atoms with Gasteiger partial charge in [0.1, 0.15) is 5.75 Å². The van der Waals surface area contributed by atoms with E-state index in [2.05, 4.69) is 10.3 Å². The second-order valence-corrected chi connectivity index (χ2v) is 11.9. The number of hydrogen-bond acceptors (Lipinski definition) is 7. The Morgan fingerprint density at radius 3 is 2.28 bits per heavy atom. The SMILES string of the molecule is O=C1C(CC(F)(F)F)=CC(O)(CS(=O)(=O)c2ccccc2)N1CCCCNc1c(C(=O)C(F)(F)F)cnc2ccccc12. The maximum atomic E-state index is 13.2. The lowest BCUT2D eigenvalue weighted by atomic mass is 10.1. The van der Waals surface area contributed by atoms with Crippen molar-refractivity contribution in [3.05, 3.63) is 78.0 Å². The molecule has 1 atom stereocenters. The highest BCUT2D eigenvalue weighted by Gasteiger charge is 2.49. The quantitative estimate of drug-likeness (QED) is 0.173. The molecule has 0 saturated carbocycles. The first-order valence-corrected chi connectivity index (χ1v) is 14.5. The minimum Gasteiger partial charge on any atom is -0.384 e. The molecule has 1 unspecified atom stereocenters. The van der Waals surface area contributed by atoms with Crippen LogP contribution in [0.5, 0.6) is 0 Å². The molecule has 1 aromatic heterocycles. The third-order valence-electron chi connectivity index (χ3n) is 6.68. The predicted octanol–water partition coefficient (Wildman–Crippen LogP) is 5.06. The molecule has 2 aromatic carbocycles. The van der Waals surface area contributed by atoms with Crippen molar-refractivity contribution in [2.45, 2.75) is 42.2 Å². The number of aromatic nitrogens is 1. The highest BCUT2D eigenvalue weighted by atomic mass is 32.2. The summed E-state index contributed by atoms with van der Waals surface area (Å²) in [6, 6.07) is 13.0. The van der Waals surface area contributed by atoms with Crippen LogP contribution >= 0.6 is 0 Å². The number of alkyl halides is 6. The maximum absolute atomic E-state index is 13.2. The van der Waals surface area contributed by atoms with E-state index >= 15 is 0 Å². The van der Waals surface area contributed by atoms with Gasteiger partial charge in [0.05, 0.1) is 28.1 Å². The van der Waals surface area contributed by atoms with Crippen molar-refractivity contribution in [3.63, 3.8) is 0 Å². The van der Waals surface area contributed by atoms with Crippen LogP contribution in [-0.2, 0) is 14.6 Å². The number of Topliss-reactive ketones (excluding diaryl/α,β-unsaturated/α-hetero) is 1. The van der Waals surface area contributed by atoms with Gasteiger partial charge in [-0.3, -0.25) is 14.6 Å². The van der Waals surface area contributed by atoms with Gasteiger partial charge in [-0.05, 0) is 37.1 Å². The number of sulfone groups is 1. The normalized spacial score (nSPS) is 17.8. The van der Waals surface area contributed by atoms with Gasteiger partial charge in [-0.2, -0.15) is 26.3 Å². The Morgan fingerprint density at radius 2 is 1.63 bits per heavy atom. The summed E-state index contributed by atoms with van der Waals surface area (Å²) in [6.07, 6.45) is -10.1. The van der Waals surface area contributed by atoms with Crippen LogP contribution in [0.15, 0.2) is 77.3 Å². The van der Waals surface area contributed by atoms with Crippen molar-refractivity contribution >= 4 is 38.1 Å². The van der Waals surface area contributed by atoms with E-state index in [9.17, 15) is 49.5 Å². The number of nitrogens with one attached hydrogen (secondary N) is 1.